The summed E-state index contributed by atoms with van der Waals surface area (Å²) in [5, 5.41) is 0.513. The predicted octanol–water partition coefficient (Wildman–Crippen LogP) is 2.54. The molecular formula is C6H7Cl2N. The Morgan fingerprint density at radius 3 is 2.89 bits per heavy atom. The number of hydrogen-bond acceptors (Lipinski definition) is 1. The van der Waals surface area contributed by atoms with Crippen LogP contribution in [-0.2, 0) is 0 Å². The first-order valence-corrected chi connectivity index (χ1v) is 3.54. The van der Waals surface area contributed by atoms with Gasteiger partial charge >= 0.3 is 0 Å². The highest BCUT2D eigenvalue weighted by Gasteiger charge is 2.08. The summed E-state index contributed by atoms with van der Waals surface area (Å²) in [5.74, 6) is 0. The first kappa shape index (κ1) is 7.10. The Kier molecular flexibility index (Phi) is 2.14. The topological polar surface area (TPSA) is 12.4 Å². The molecule has 0 fully saturated rings. The van der Waals surface area contributed by atoms with E-state index in [9.17, 15) is 0 Å². The van der Waals surface area contributed by atoms with Crippen molar-refractivity contribution in [1.29, 1.82) is 0 Å². The van der Waals surface area contributed by atoms with Crippen molar-refractivity contribution in [3.8, 4) is 0 Å². The summed E-state index contributed by atoms with van der Waals surface area (Å²) < 4.78 is 0. The summed E-state index contributed by atoms with van der Waals surface area (Å²) >= 11 is 11.3. The minimum absolute atomic E-state index is 0.150. The van der Waals surface area contributed by atoms with Gasteiger partial charge in [-0.15, -0.1) is 0 Å². The molecule has 0 amide bonds. The van der Waals surface area contributed by atoms with Gasteiger partial charge in [-0.25, -0.2) is 0 Å². The maximum atomic E-state index is 5.69. The van der Waals surface area contributed by atoms with Crippen LogP contribution in [-0.4, -0.2) is 10.7 Å². The number of allylic oxidation sites excluding steroid dienone is 1. The Morgan fingerprint density at radius 2 is 2.44 bits per heavy atom. The SMILES string of the molecule is CC1=CC(Cl)=NC(Cl)C1. The van der Waals surface area contributed by atoms with Crippen LogP contribution in [0, 0.1) is 0 Å². The Bertz CT molecular complexity index is 172. The fourth-order valence-corrected chi connectivity index (χ4v) is 1.45. The first-order valence-electron chi connectivity index (χ1n) is 2.73. The zero-order valence-electron chi connectivity index (χ0n) is 5.06. The molecule has 1 aliphatic rings. The monoisotopic (exact) mass is 163 g/mol. The van der Waals surface area contributed by atoms with Gasteiger partial charge in [-0.1, -0.05) is 28.8 Å². The molecule has 1 heterocycles. The average Bonchev–Trinajstić information content (AvgIpc) is 1.59. The lowest BCUT2D eigenvalue weighted by atomic mass is 10.2. The van der Waals surface area contributed by atoms with E-state index < -0.39 is 0 Å². The third kappa shape index (κ3) is 1.99. The summed E-state index contributed by atoms with van der Waals surface area (Å²) in [6.07, 6.45) is 2.65. The van der Waals surface area contributed by atoms with Crippen molar-refractivity contribution >= 4 is 28.4 Å². The molecule has 1 aliphatic heterocycles. The number of alkyl halides is 1. The molecule has 1 unspecified atom stereocenters. The lowest BCUT2D eigenvalue weighted by Gasteiger charge is -2.09. The highest BCUT2D eigenvalue weighted by Crippen LogP contribution is 2.17. The van der Waals surface area contributed by atoms with Crippen molar-refractivity contribution in [3.05, 3.63) is 11.6 Å². The Labute approximate surface area is 64.4 Å². The quantitative estimate of drug-likeness (QED) is 0.385. The van der Waals surface area contributed by atoms with E-state index in [0.717, 1.165) is 6.42 Å². The third-order valence-electron chi connectivity index (χ3n) is 1.12. The van der Waals surface area contributed by atoms with Gasteiger partial charge in [0, 0.05) is 6.42 Å². The minimum atomic E-state index is -0.150. The van der Waals surface area contributed by atoms with Gasteiger partial charge in [-0.3, -0.25) is 4.99 Å². The van der Waals surface area contributed by atoms with Crippen LogP contribution in [0.25, 0.3) is 0 Å². The van der Waals surface area contributed by atoms with Crippen molar-refractivity contribution in [2.75, 3.05) is 0 Å². The number of aliphatic imine (C=N–C) groups is 1. The van der Waals surface area contributed by atoms with Crippen LogP contribution >= 0.6 is 23.2 Å². The van der Waals surface area contributed by atoms with Gasteiger partial charge in [0.25, 0.3) is 0 Å². The summed E-state index contributed by atoms with van der Waals surface area (Å²) in [7, 11) is 0. The molecule has 0 N–H and O–H groups in total. The van der Waals surface area contributed by atoms with Crippen LogP contribution in [0.1, 0.15) is 13.3 Å². The van der Waals surface area contributed by atoms with Crippen LogP contribution in [0.15, 0.2) is 16.6 Å². The summed E-state index contributed by atoms with van der Waals surface area (Å²) in [4.78, 5) is 3.90. The molecule has 50 valence electrons. The van der Waals surface area contributed by atoms with E-state index in [4.69, 9.17) is 23.2 Å². The van der Waals surface area contributed by atoms with Crippen molar-refractivity contribution < 1.29 is 0 Å². The van der Waals surface area contributed by atoms with Crippen LogP contribution in [0.5, 0.6) is 0 Å². The Hall–Kier alpha value is -0.0100. The fraction of sp³-hybridized carbons (Fsp3) is 0.500. The number of nitrogens with zero attached hydrogens (tertiary/aromatic N) is 1. The van der Waals surface area contributed by atoms with E-state index in [2.05, 4.69) is 4.99 Å². The molecule has 0 spiro atoms. The van der Waals surface area contributed by atoms with Gasteiger partial charge in [0.05, 0.1) is 0 Å². The van der Waals surface area contributed by atoms with Crippen molar-refractivity contribution in [1.82, 2.24) is 0 Å². The molecule has 1 nitrogen and oxygen atoms in total. The summed E-state index contributed by atoms with van der Waals surface area (Å²) in [6, 6.07) is 0. The second kappa shape index (κ2) is 2.72. The van der Waals surface area contributed by atoms with Gasteiger partial charge < -0.3 is 0 Å². The molecule has 0 aliphatic carbocycles. The largest absolute Gasteiger partial charge is 0.253 e. The predicted molar refractivity (Wildman–Crippen MR) is 41.3 cm³/mol. The molecule has 1 atom stereocenters. The van der Waals surface area contributed by atoms with Gasteiger partial charge in [0.15, 0.2) is 0 Å². The standard InChI is InChI=1S/C6H7Cl2N/c1-4-2-5(7)9-6(8)3-4/h2,6H,3H2,1H3. The van der Waals surface area contributed by atoms with E-state index in [1.54, 1.807) is 0 Å². The van der Waals surface area contributed by atoms with Crippen LogP contribution < -0.4 is 0 Å². The zero-order valence-corrected chi connectivity index (χ0v) is 6.58. The lowest BCUT2D eigenvalue weighted by Crippen LogP contribution is -2.03. The second-order valence-electron chi connectivity index (χ2n) is 2.08. The molecule has 0 bridgehead atoms. The number of hydrogen-bond donors (Lipinski definition) is 0. The van der Waals surface area contributed by atoms with Crippen LogP contribution in [0.3, 0.4) is 0 Å². The Morgan fingerprint density at radius 1 is 1.78 bits per heavy atom. The molecule has 3 heteroatoms. The first-order chi connectivity index (χ1) is 4.18. The maximum absolute atomic E-state index is 5.69. The van der Waals surface area contributed by atoms with E-state index in [0.29, 0.717) is 5.17 Å². The molecule has 0 radical (unpaired) electrons. The van der Waals surface area contributed by atoms with E-state index in [1.165, 1.54) is 5.57 Å². The highest BCUT2D eigenvalue weighted by molar-refractivity contribution is 6.68. The lowest BCUT2D eigenvalue weighted by molar-refractivity contribution is 0.869. The highest BCUT2D eigenvalue weighted by atomic mass is 35.5. The van der Waals surface area contributed by atoms with E-state index >= 15 is 0 Å². The third-order valence-corrected chi connectivity index (χ3v) is 1.58. The second-order valence-corrected chi connectivity index (χ2v) is 2.97. The van der Waals surface area contributed by atoms with Crippen molar-refractivity contribution in [2.45, 2.75) is 18.8 Å². The normalized spacial score (nSPS) is 27.2. The molecule has 0 aromatic heterocycles. The summed E-state index contributed by atoms with van der Waals surface area (Å²) in [5.41, 5.74) is 1.04. The van der Waals surface area contributed by atoms with Gasteiger partial charge in [-0.2, -0.15) is 0 Å². The molecule has 0 saturated heterocycles. The van der Waals surface area contributed by atoms with Gasteiger partial charge in [0.1, 0.15) is 10.7 Å². The zero-order chi connectivity index (χ0) is 6.85. The number of rotatable bonds is 0. The smallest absolute Gasteiger partial charge is 0.129 e. The maximum Gasteiger partial charge on any atom is 0.129 e. The molecule has 9 heavy (non-hydrogen) atoms. The summed E-state index contributed by atoms with van der Waals surface area (Å²) in [6.45, 7) is 1.99. The van der Waals surface area contributed by atoms with Gasteiger partial charge in [0.2, 0.25) is 0 Å². The fourth-order valence-electron chi connectivity index (χ4n) is 0.745. The molecule has 1 rings (SSSR count). The molecule has 0 aromatic rings. The van der Waals surface area contributed by atoms with E-state index in [-0.39, 0.29) is 5.50 Å². The minimum Gasteiger partial charge on any atom is -0.253 e. The van der Waals surface area contributed by atoms with Crippen molar-refractivity contribution in [3.63, 3.8) is 0 Å². The number of halogens is 2. The van der Waals surface area contributed by atoms with Crippen molar-refractivity contribution in [2.24, 2.45) is 4.99 Å². The van der Waals surface area contributed by atoms with E-state index in [1.807, 2.05) is 13.0 Å². The Balaban J connectivity index is 2.74. The van der Waals surface area contributed by atoms with Crippen LogP contribution in [0.4, 0.5) is 0 Å². The number of dihydropyridines is 1. The van der Waals surface area contributed by atoms with Crippen LogP contribution in [0.2, 0.25) is 0 Å². The average molecular weight is 164 g/mol. The molecule has 0 aromatic carbocycles. The molecule has 0 saturated carbocycles. The molecular weight excluding hydrogens is 157 g/mol. The van der Waals surface area contributed by atoms with Gasteiger partial charge in [-0.05, 0) is 13.0 Å².